The van der Waals surface area contributed by atoms with E-state index in [4.69, 9.17) is 4.74 Å². The van der Waals surface area contributed by atoms with Crippen molar-refractivity contribution in [3.8, 4) is 0 Å². The van der Waals surface area contributed by atoms with Gasteiger partial charge in [-0.3, -0.25) is 4.79 Å². The van der Waals surface area contributed by atoms with Crippen molar-refractivity contribution in [2.45, 2.75) is 45.6 Å². The lowest BCUT2D eigenvalue weighted by Gasteiger charge is -2.25. The highest BCUT2D eigenvalue weighted by molar-refractivity contribution is 7.14. The van der Waals surface area contributed by atoms with Crippen molar-refractivity contribution in [2.75, 3.05) is 6.61 Å². The minimum absolute atomic E-state index is 0.127. The molecule has 1 aromatic heterocycles. The predicted molar refractivity (Wildman–Crippen MR) is 70.8 cm³/mol. The Labute approximate surface area is 107 Å². The molecule has 1 saturated carbocycles. The summed E-state index contributed by atoms with van der Waals surface area (Å²) in [5, 5.41) is 0. The zero-order chi connectivity index (χ0) is 12.3. The molecule has 1 fully saturated rings. The summed E-state index contributed by atoms with van der Waals surface area (Å²) in [6, 6.07) is 3.88. The van der Waals surface area contributed by atoms with Crippen LogP contribution in [0.1, 0.15) is 47.2 Å². The Bertz CT molecular complexity index is 375. The van der Waals surface area contributed by atoms with E-state index in [1.165, 1.54) is 17.7 Å². The molecule has 0 unspecified atom stereocenters. The molecular formula is C14H20O2S. The van der Waals surface area contributed by atoms with Gasteiger partial charge in [0.1, 0.15) is 6.61 Å². The first-order chi connectivity index (χ1) is 8.15. The van der Waals surface area contributed by atoms with E-state index < -0.39 is 0 Å². The van der Waals surface area contributed by atoms with Gasteiger partial charge in [0.15, 0.2) is 5.78 Å². The van der Waals surface area contributed by atoms with Gasteiger partial charge >= 0.3 is 0 Å². The van der Waals surface area contributed by atoms with E-state index in [9.17, 15) is 4.79 Å². The number of carbonyl (C=O) groups excluding carboxylic acids is 1. The fourth-order valence-corrected chi connectivity index (χ4v) is 3.04. The van der Waals surface area contributed by atoms with Crippen LogP contribution in [0.3, 0.4) is 0 Å². The molecule has 2 rings (SSSR count). The predicted octanol–water partition coefficient (Wildman–Crippen LogP) is 3.83. The zero-order valence-corrected chi connectivity index (χ0v) is 11.4. The molecule has 0 radical (unpaired) electrons. The number of carbonyl (C=O) groups is 1. The average molecular weight is 252 g/mol. The highest BCUT2D eigenvalue weighted by Gasteiger charge is 2.20. The molecule has 1 aromatic rings. The van der Waals surface area contributed by atoms with E-state index in [1.807, 2.05) is 19.1 Å². The Kier molecular flexibility index (Phi) is 4.35. The molecule has 0 bridgehead atoms. The summed E-state index contributed by atoms with van der Waals surface area (Å²) in [4.78, 5) is 13.9. The van der Waals surface area contributed by atoms with Crippen molar-refractivity contribution in [3.63, 3.8) is 0 Å². The lowest BCUT2D eigenvalue weighted by atomic mass is 9.89. The van der Waals surface area contributed by atoms with Crippen LogP contribution in [0.5, 0.6) is 0 Å². The third-order valence-corrected chi connectivity index (χ3v) is 4.47. The van der Waals surface area contributed by atoms with Crippen LogP contribution in [-0.2, 0) is 4.74 Å². The largest absolute Gasteiger partial charge is 0.370 e. The van der Waals surface area contributed by atoms with Crippen LogP contribution in [0.4, 0.5) is 0 Å². The first kappa shape index (κ1) is 12.8. The number of thiophene rings is 1. The van der Waals surface area contributed by atoms with Gasteiger partial charge in [0.25, 0.3) is 0 Å². The number of hydrogen-bond donors (Lipinski definition) is 0. The minimum atomic E-state index is 0.127. The SMILES string of the molecule is Cc1ccc(C(=O)COC2CCC(C)CC2)s1. The number of hydrogen-bond acceptors (Lipinski definition) is 3. The maximum atomic E-state index is 11.9. The molecule has 17 heavy (non-hydrogen) atoms. The van der Waals surface area contributed by atoms with E-state index in [0.717, 1.165) is 23.6 Å². The summed E-state index contributed by atoms with van der Waals surface area (Å²) in [6.45, 7) is 4.56. The summed E-state index contributed by atoms with van der Waals surface area (Å²) in [6.07, 6.45) is 4.99. The molecule has 1 aliphatic carbocycles. The van der Waals surface area contributed by atoms with E-state index in [-0.39, 0.29) is 12.4 Å². The van der Waals surface area contributed by atoms with Crippen molar-refractivity contribution >= 4 is 17.1 Å². The van der Waals surface area contributed by atoms with Gasteiger partial charge in [-0.25, -0.2) is 0 Å². The third-order valence-electron chi connectivity index (χ3n) is 3.43. The van der Waals surface area contributed by atoms with Crippen LogP contribution in [0.15, 0.2) is 12.1 Å². The maximum absolute atomic E-state index is 11.9. The van der Waals surface area contributed by atoms with Crippen molar-refractivity contribution in [3.05, 3.63) is 21.9 Å². The average Bonchev–Trinajstić information content (AvgIpc) is 2.75. The van der Waals surface area contributed by atoms with Crippen LogP contribution in [-0.4, -0.2) is 18.5 Å². The number of ketones is 1. The Morgan fingerprint density at radius 1 is 1.35 bits per heavy atom. The Hall–Kier alpha value is -0.670. The molecule has 2 nitrogen and oxygen atoms in total. The molecule has 1 heterocycles. The fraction of sp³-hybridized carbons (Fsp3) is 0.643. The normalized spacial score (nSPS) is 24.8. The van der Waals surface area contributed by atoms with Crippen LogP contribution in [0, 0.1) is 12.8 Å². The van der Waals surface area contributed by atoms with Gasteiger partial charge in [0.05, 0.1) is 11.0 Å². The first-order valence-electron chi connectivity index (χ1n) is 6.36. The van der Waals surface area contributed by atoms with Crippen LogP contribution >= 0.6 is 11.3 Å². The standard InChI is InChI=1S/C14H20O2S/c1-10-3-6-12(7-4-10)16-9-13(15)14-8-5-11(2)17-14/h5,8,10,12H,3-4,6-7,9H2,1-2H3. The molecule has 0 spiro atoms. The van der Waals surface area contributed by atoms with Crippen molar-refractivity contribution in [1.29, 1.82) is 0 Å². The maximum Gasteiger partial charge on any atom is 0.198 e. The Morgan fingerprint density at radius 2 is 2.06 bits per heavy atom. The minimum Gasteiger partial charge on any atom is -0.370 e. The second-order valence-corrected chi connectivity index (χ2v) is 6.31. The lowest BCUT2D eigenvalue weighted by Crippen LogP contribution is -2.23. The highest BCUT2D eigenvalue weighted by atomic mass is 32.1. The zero-order valence-electron chi connectivity index (χ0n) is 10.6. The van der Waals surface area contributed by atoms with Crippen LogP contribution in [0.2, 0.25) is 0 Å². The summed E-state index contributed by atoms with van der Waals surface area (Å²) < 4.78 is 5.71. The van der Waals surface area contributed by atoms with Crippen LogP contribution < -0.4 is 0 Å². The molecule has 1 aliphatic rings. The van der Waals surface area contributed by atoms with E-state index in [2.05, 4.69) is 6.92 Å². The van der Waals surface area contributed by atoms with E-state index in [0.29, 0.717) is 6.10 Å². The summed E-state index contributed by atoms with van der Waals surface area (Å²) in [5.41, 5.74) is 0. The lowest BCUT2D eigenvalue weighted by molar-refractivity contribution is 0.0219. The third kappa shape index (κ3) is 3.65. The van der Waals surface area contributed by atoms with Gasteiger partial charge in [-0.2, -0.15) is 0 Å². The van der Waals surface area contributed by atoms with Gasteiger partial charge in [-0.05, 0) is 50.7 Å². The molecule has 0 saturated heterocycles. The van der Waals surface area contributed by atoms with Crippen molar-refractivity contribution < 1.29 is 9.53 Å². The molecule has 94 valence electrons. The first-order valence-corrected chi connectivity index (χ1v) is 7.18. The molecule has 3 heteroatoms. The van der Waals surface area contributed by atoms with Gasteiger partial charge in [-0.15, -0.1) is 11.3 Å². The monoisotopic (exact) mass is 252 g/mol. The molecule has 0 aromatic carbocycles. The van der Waals surface area contributed by atoms with E-state index in [1.54, 1.807) is 11.3 Å². The molecule has 0 aliphatic heterocycles. The van der Waals surface area contributed by atoms with Crippen LogP contribution in [0.25, 0.3) is 0 Å². The highest BCUT2D eigenvalue weighted by Crippen LogP contribution is 2.25. The molecule has 0 atom stereocenters. The second-order valence-electron chi connectivity index (χ2n) is 5.03. The number of rotatable bonds is 4. The second kappa shape index (κ2) is 5.78. The summed E-state index contributed by atoms with van der Waals surface area (Å²) in [7, 11) is 0. The quantitative estimate of drug-likeness (QED) is 0.761. The van der Waals surface area contributed by atoms with Gasteiger partial charge in [-0.1, -0.05) is 6.92 Å². The topological polar surface area (TPSA) is 26.3 Å². The smallest absolute Gasteiger partial charge is 0.198 e. The van der Waals surface area contributed by atoms with Gasteiger partial charge in [0.2, 0.25) is 0 Å². The van der Waals surface area contributed by atoms with Crippen molar-refractivity contribution in [2.24, 2.45) is 5.92 Å². The molecular weight excluding hydrogens is 232 g/mol. The summed E-state index contributed by atoms with van der Waals surface area (Å²) >= 11 is 1.55. The Balaban J connectivity index is 1.76. The number of ether oxygens (including phenoxy) is 1. The number of aryl methyl sites for hydroxylation is 1. The Morgan fingerprint density at radius 3 is 2.65 bits per heavy atom. The molecule has 0 N–H and O–H groups in total. The summed E-state index contributed by atoms with van der Waals surface area (Å²) in [5.74, 6) is 0.951. The van der Waals surface area contributed by atoms with E-state index >= 15 is 0 Å². The van der Waals surface area contributed by atoms with Gasteiger partial charge in [0, 0.05) is 4.88 Å². The molecule has 0 amide bonds. The van der Waals surface area contributed by atoms with Gasteiger partial charge < -0.3 is 4.74 Å². The number of Topliss-reactive ketones (excluding diaryl/α,β-unsaturated/α-hetero) is 1. The fourth-order valence-electron chi connectivity index (χ4n) is 2.25. The van der Waals surface area contributed by atoms with Crippen molar-refractivity contribution in [1.82, 2.24) is 0 Å².